The molecule has 20 heavy (non-hydrogen) atoms. The fourth-order valence-corrected chi connectivity index (χ4v) is 2.89. The van der Waals surface area contributed by atoms with E-state index in [0.29, 0.717) is 17.2 Å². The molecule has 0 aliphatic heterocycles. The molecule has 1 saturated carbocycles. The van der Waals surface area contributed by atoms with Crippen molar-refractivity contribution in [2.24, 2.45) is 11.8 Å². The van der Waals surface area contributed by atoms with E-state index in [2.05, 4.69) is 12.2 Å². The van der Waals surface area contributed by atoms with Gasteiger partial charge in [0, 0.05) is 6.54 Å². The van der Waals surface area contributed by atoms with Gasteiger partial charge in [-0.15, -0.1) is 0 Å². The highest BCUT2D eigenvalue weighted by atomic mass is 16.5. The Hall–Kier alpha value is -1.71. The Morgan fingerprint density at radius 3 is 2.85 bits per heavy atom. The molecule has 1 aliphatic rings. The lowest BCUT2D eigenvalue weighted by Crippen LogP contribution is -2.24. The van der Waals surface area contributed by atoms with E-state index in [0.717, 1.165) is 18.2 Å². The summed E-state index contributed by atoms with van der Waals surface area (Å²) in [5.74, 6) is 1.10. The quantitative estimate of drug-likeness (QED) is 0.654. The average Bonchev–Trinajstić information content (AvgIpc) is 2.47. The van der Waals surface area contributed by atoms with Crippen molar-refractivity contribution in [1.29, 1.82) is 0 Å². The van der Waals surface area contributed by atoms with Crippen LogP contribution in [0.4, 0.5) is 11.4 Å². The molecule has 1 fully saturated rings. The van der Waals surface area contributed by atoms with Crippen LogP contribution in [0.3, 0.4) is 0 Å². The number of ether oxygens (including phenoxy) is 1. The number of esters is 1. The fourth-order valence-electron chi connectivity index (χ4n) is 2.89. The monoisotopic (exact) mass is 276 g/mol. The molecule has 4 heteroatoms. The molecule has 0 aromatic heterocycles. The summed E-state index contributed by atoms with van der Waals surface area (Å²) in [6.45, 7) is 3.23. The van der Waals surface area contributed by atoms with Gasteiger partial charge in [-0.3, -0.25) is 0 Å². The molecule has 0 saturated heterocycles. The lowest BCUT2D eigenvalue weighted by Gasteiger charge is -2.29. The molecule has 0 amide bonds. The summed E-state index contributed by atoms with van der Waals surface area (Å²) >= 11 is 0. The number of benzene rings is 1. The van der Waals surface area contributed by atoms with Crippen LogP contribution in [0.5, 0.6) is 0 Å². The van der Waals surface area contributed by atoms with Gasteiger partial charge in [-0.25, -0.2) is 4.79 Å². The summed E-state index contributed by atoms with van der Waals surface area (Å²) < 4.78 is 4.74. The fraction of sp³-hybridized carbons (Fsp3) is 0.562. The van der Waals surface area contributed by atoms with Crippen LogP contribution in [0.15, 0.2) is 18.2 Å². The molecule has 2 rings (SSSR count). The first-order valence-corrected chi connectivity index (χ1v) is 7.33. The Morgan fingerprint density at radius 2 is 2.15 bits per heavy atom. The van der Waals surface area contributed by atoms with Crippen molar-refractivity contribution in [3.63, 3.8) is 0 Å². The molecule has 1 aromatic rings. The lowest BCUT2D eigenvalue weighted by molar-refractivity contribution is 0.0601. The lowest BCUT2D eigenvalue weighted by atomic mass is 9.80. The van der Waals surface area contributed by atoms with Gasteiger partial charge >= 0.3 is 5.97 Å². The summed E-state index contributed by atoms with van der Waals surface area (Å²) in [4.78, 5) is 11.5. The van der Waals surface area contributed by atoms with E-state index < -0.39 is 0 Å². The maximum absolute atomic E-state index is 11.5. The van der Waals surface area contributed by atoms with Gasteiger partial charge in [0.15, 0.2) is 0 Å². The smallest absolute Gasteiger partial charge is 0.337 e. The highest BCUT2D eigenvalue weighted by molar-refractivity contribution is 5.91. The van der Waals surface area contributed by atoms with Crippen LogP contribution in [-0.2, 0) is 4.74 Å². The van der Waals surface area contributed by atoms with E-state index in [1.165, 1.54) is 32.8 Å². The normalized spacial score (nSPS) is 22.3. The minimum Gasteiger partial charge on any atom is -0.465 e. The van der Waals surface area contributed by atoms with Gasteiger partial charge in [-0.2, -0.15) is 0 Å². The van der Waals surface area contributed by atoms with Crippen LogP contribution in [0.2, 0.25) is 0 Å². The average molecular weight is 276 g/mol. The van der Waals surface area contributed by atoms with Gasteiger partial charge in [0.05, 0.1) is 24.0 Å². The van der Waals surface area contributed by atoms with Crippen LogP contribution in [0.1, 0.15) is 43.0 Å². The topological polar surface area (TPSA) is 64.3 Å². The van der Waals surface area contributed by atoms with Gasteiger partial charge in [-0.05, 0) is 36.5 Å². The third kappa shape index (κ3) is 3.44. The molecule has 2 unspecified atom stereocenters. The minimum atomic E-state index is -0.334. The minimum absolute atomic E-state index is 0.334. The van der Waals surface area contributed by atoms with Crippen LogP contribution in [-0.4, -0.2) is 19.6 Å². The van der Waals surface area contributed by atoms with E-state index in [1.807, 2.05) is 0 Å². The van der Waals surface area contributed by atoms with E-state index in [9.17, 15) is 4.79 Å². The van der Waals surface area contributed by atoms with Gasteiger partial charge in [-0.1, -0.05) is 26.2 Å². The Morgan fingerprint density at radius 1 is 1.40 bits per heavy atom. The number of nitrogens with two attached hydrogens (primary N) is 1. The number of carbonyl (C=O) groups is 1. The second-order valence-electron chi connectivity index (χ2n) is 5.70. The Labute approximate surface area is 120 Å². The van der Waals surface area contributed by atoms with Crippen molar-refractivity contribution in [2.75, 3.05) is 24.7 Å². The van der Waals surface area contributed by atoms with Gasteiger partial charge < -0.3 is 15.8 Å². The standard InChI is InChI=1S/C16H24N2O2/c1-11-5-3-4-6-13(11)10-18-15-9-12(16(19)20-2)7-8-14(15)17/h7-9,11,13,18H,3-6,10,17H2,1-2H3. The molecule has 1 aliphatic carbocycles. The summed E-state index contributed by atoms with van der Waals surface area (Å²) in [5.41, 5.74) is 7.99. The SMILES string of the molecule is COC(=O)c1ccc(N)c(NCC2CCCCC2C)c1. The number of methoxy groups -OCH3 is 1. The zero-order valence-corrected chi connectivity index (χ0v) is 12.3. The number of hydrogen-bond donors (Lipinski definition) is 2. The zero-order chi connectivity index (χ0) is 14.5. The van der Waals surface area contributed by atoms with Crippen LogP contribution < -0.4 is 11.1 Å². The van der Waals surface area contributed by atoms with Crippen LogP contribution >= 0.6 is 0 Å². The molecule has 3 N–H and O–H groups in total. The third-order valence-electron chi connectivity index (χ3n) is 4.32. The molecule has 2 atom stereocenters. The first-order chi connectivity index (χ1) is 9.61. The maximum Gasteiger partial charge on any atom is 0.337 e. The zero-order valence-electron chi connectivity index (χ0n) is 12.3. The number of nitrogen functional groups attached to an aromatic ring is 1. The first-order valence-electron chi connectivity index (χ1n) is 7.33. The van der Waals surface area contributed by atoms with Crippen molar-refractivity contribution in [3.8, 4) is 0 Å². The second-order valence-corrected chi connectivity index (χ2v) is 5.70. The Balaban J connectivity index is 2.02. The van der Waals surface area contributed by atoms with Crippen molar-refractivity contribution in [1.82, 2.24) is 0 Å². The molecule has 0 spiro atoms. The van der Waals surface area contributed by atoms with Crippen molar-refractivity contribution in [2.45, 2.75) is 32.6 Å². The predicted molar refractivity (Wildman–Crippen MR) is 81.8 cm³/mol. The maximum atomic E-state index is 11.5. The van der Waals surface area contributed by atoms with Crippen molar-refractivity contribution in [3.05, 3.63) is 23.8 Å². The van der Waals surface area contributed by atoms with Gasteiger partial charge in [0.25, 0.3) is 0 Å². The summed E-state index contributed by atoms with van der Waals surface area (Å²) in [6, 6.07) is 5.21. The number of carbonyl (C=O) groups excluding carboxylic acids is 1. The molecular weight excluding hydrogens is 252 g/mol. The van der Waals surface area contributed by atoms with Crippen molar-refractivity contribution < 1.29 is 9.53 Å². The van der Waals surface area contributed by atoms with Crippen LogP contribution in [0.25, 0.3) is 0 Å². The van der Waals surface area contributed by atoms with Gasteiger partial charge in [0.2, 0.25) is 0 Å². The summed E-state index contributed by atoms with van der Waals surface area (Å²) in [5, 5.41) is 3.40. The first kappa shape index (κ1) is 14.7. The molecule has 0 bridgehead atoms. The predicted octanol–water partition coefficient (Wildman–Crippen LogP) is 3.29. The number of nitrogens with one attached hydrogen (secondary N) is 1. The van der Waals surface area contributed by atoms with E-state index in [-0.39, 0.29) is 5.97 Å². The number of hydrogen-bond acceptors (Lipinski definition) is 4. The van der Waals surface area contributed by atoms with E-state index in [1.54, 1.807) is 18.2 Å². The molecule has 1 aromatic carbocycles. The Kier molecular flexibility index (Phi) is 4.88. The highest BCUT2D eigenvalue weighted by Crippen LogP contribution is 2.30. The molecule has 110 valence electrons. The third-order valence-corrected chi connectivity index (χ3v) is 4.32. The summed E-state index contributed by atoms with van der Waals surface area (Å²) in [6.07, 6.45) is 5.24. The Bertz CT molecular complexity index is 474. The highest BCUT2D eigenvalue weighted by Gasteiger charge is 2.21. The largest absolute Gasteiger partial charge is 0.465 e. The number of rotatable bonds is 4. The molecular formula is C16H24N2O2. The van der Waals surface area contributed by atoms with E-state index >= 15 is 0 Å². The molecule has 4 nitrogen and oxygen atoms in total. The second kappa shape index (κ2) is 6.64. The van der Waals surface area contributed by atoms with Gasteiger partial charge in [0.1, 0.15) is 0 Å². The molecule has 0 heterocycles. The van der Waals surface area contributed by atoms with Crippen LogP contribution in [0, 0.1) is 11.8 Å². The molecule has 0 radical (unpaired) electrons. The van der Waals surface area contributed by atoms with E-state index in [4.69, 9.17) is 10.5 Å². The van der Waals surface area contributed by atoms with Crippen molar-refractivity contribution >= 4 is 17.3 Å². The number of anilines is 2. The summed E-state index contributed by atoms with van der Waals surface area (Å²) in [7, 11) is 1.38.